The van der Waals surface area contributed by atoms with E-state index in [4.69, 9.17) is 4.74 Å². The number of methoxy groups -OCH3 is 1. The molecule has 0 bridgehead atoms. The molecule has 0 radical (unpaired) electrons. The zero-order valence-corrected chi connectivity index (χ0v) is 10.9. The molecule has 0 spiro atoms. The van der Waals surface area contributed by atoms with Gasteiger partial charge in [0.1, 0.15) is 5.75 Å². The van der Waals surface area contributed by atoms with E-state index in [2.05, 4.69) is 42.6 Å². The largest absolute Gasteiger partial charge is 0.497 e. The van der Waals surface area contributed by atoms with E-state index >= 15 is 0 Å². The fourth-order valence-corrected chi connectivity index (χ4v) is 2.84. The number of hydrogen-bond donors (Lipinski definition) is 1. The van der Waals surface area contributed by atoms with Gasteiger partial charge in [-0.2, -0.15) is 0 Å². The molecule has 2 nitrogen and oxygen atoms in total. The van der Waals surface area contributed by atoms with Gasteiger partial charge in [-0.1, -0.05) is 25.1 Å². The summed E-state index contributed by atoms with van der Waals surface area (Å²) in [4.78, 5) is 0. The molecule has 1 N–H and O–H groups in total. The Labute approximate surface area is 108 Å². The average Bonchev–Trinajstić information content (AvgIpc) is 2.84. The Bertz CT molecular complexity index is 564. The maximum absolute atomic E-state index is 5.26. The summed E-state index contributed by atoms with van der Waals surface area (Å²) in [5, 5.41) is 6.11. The summed E-state index contributed by atoms with van der Waals surface area (Å²) in [5.74, 6) is 1.64. The quantitative estimate of drug-likeness (QED) is 0.868. The third kappa shape index (κ3) is 1.97. The third-order valence-corrected chi connectivity index (χ3v) is 3.96. The van der Waals surface area contributed by atoms with Crippen LogP contribution in [0.4, 0.5) is 0 Å². The van der Waals surface area contributed by atoms with Gasteiger partial charge in [0.15, 0.2) is 0 Å². The molecule has 1 fully saturated rings. The van der Waals surface area contributed by atoms with Crippen LogP contribution in [-0.2, 0) is 0 Å². The van der Waals surface area contributed by atoms with E-state index in [9.17, 15) is 0 Å². The first-order valence-corrected chi connectivity index (χ1v) is 6.59. The maximum atomic E-state index is 5.26. The zero-order valence-electron chi connectivity index (χ0n) is 10.9. The second-order valence-electron chi connectivity index (χ2n) is 5.17. The van der Waals surface area contributed by atoms with Crippen molar-refractivity contribution < 1.29 is 4.74 Å². The highest BCUT2D eigenvalue weighted by Gasteiger charge is 2.24. The highest BCUT2D eigenvalue weighted by atomic mass is 16.5. The fraction of sp³-hybridized carbons (Fsp3) is 0.375. The topological polar surface area (TPSA) is 21.3 Å². The standard InChI is InChI=1S/C16H19NO/c1-11-7-8-17-16(11)14-4-3-13-10-15(18-2)6-5-12(13)9-14/h3-6,9-11,16-17H,7-8H2,1-2H3. The minimum Gasteiger partial charge on any atom is -0.497 e. The van der Waals surface area contributed by atoms with Crippen molar-refractivity contribution in [3.63, 3.8) is 0 Å². The summed E-state index contributed by atoms with van der Waals surface area (Å²) < 4.78 is 5.26. The minimum atomic E-state index is 0.511. The van der Waals surface area contributed by atoms with E-state index in [-0.39, 0.29) is 0 Å². The summed E-state index contributed by atoms with van der Waals surface area (Å²) in [6.45, 7) is 3.45. The second kappa shape index (κ2) is 4.62. The molecule has 0 aromatic heterocycles. The number of rotatable bonds is 2. The van der Waals surface area contributed by atoms with Crippen molar-refractivity contribution in [3.05, 3.63) is 42.0 Å². The van der Waals surface area contributed by atoms with Crippen LogP contribution in [0.2, 0.25) is 0 Å². The van der Waals surface area contributed by atoms with Gasteiger partial charge in [0.05, 0.1) is 7.11 Å². The van der Waals surface area contributed by atoms with Crippen LogP contribution in [-0.4, -0.2) is 13.7 Å². The number of nitrogens with one attached hydrogen (secondary N) is 1. The normalized spacial score (nSPS) is 23.4. The van der Waals surface area contributed by atoms with Crippen LogP contribution in [0.1, 0.15) is 24.9 Å². The van der Waals surface area contributed by atoms with E-state index in [1.807, 2.05) is 6.07 Å². The zero-order chi connectivity index (χ0) is 12.5. The Hall–Kier alpha value is -1.54. The van der Waals surface area contributed by atoms with Gasteiger partial charge in [-0.05, 0) is 53.4 Å². The van der Waals surface area contributed by atoms with Crippen LogP contribution in [0.5, 0.6) is 5.75 Å². The van der Waals surface area contributed by atoms with Crippen molar-refractivity contribution >= 4 is 10.8 Å². The van der Waals surface area contributed by atoms with E-state index in [1.165, 1.54) is 22.8 Å². The van der Waals surface area contributed by atoms with Crippen LogP contribution < -0.4 is 10.1 Å². The lowest BCUT2D eigenvalue weighted by Crippen LogP contribution is -2.16. The summed E-state index contributed by atoms with van der Waals surface area (Å²) in [6.07, 6.45) is 1.27. The number of fused-ring (bicyclic) bond motifs is 1. The molecule has 1 aliphatic rings. The lowest BCUT2D eigenvalue weighted by Gasteiger charge is -2.16. The van der Waals surface area contributed by atoms with Gasteiger partial charge >= 0.3 is 0 Å². The Morgan fingerprint density at radius 3 is 2.61 bits per heavy atom. The van der Waals surface area contributed by atoms with Gasteiger partial charge in [0.2, 0.25) is 0 Å². The van der Waals surface area contributed by atoms with E-state index in [1.54, 1.807) is 7.11 Å². The number of hydrogen-bond acceptors (Lipinski definition) is 2. The third-order valence-electron chi connectivity index (χ3n) is 3.96. The molecule has 0 amide bonds. The Morgan fingerprint density at radius 2 is 1.89 bits per heavy atom. The summed E-state index contributed by atoms with van der Waals surface area (Å²) in [6, 6.07) is 13.5. The van der Waals surface area contributed by atoms with E-state index in [0.29, 0.717) is 6.04 Å². The molecule has 94 valence electrons. The van der Waals surface area contributed by atoms with Crippen LogP contribution in [0.3, 0.4) is 0 Å². The predicted octanol–water partition coefficient (Wildman–Crippen LogP) is 3.52. The highest BCUT2D eigenvalue weighted by Crippen LogP contribution is 2.31. The van der Waals surface area contributed by atoms with Gasteiger partial charge in [0, 0.05) is 6.04 Å². The van der Waals surface area contributed by atoms with Gasteiger partial charge < -0.3 is 10.1 Å². The van der Waals surface area contributed by atoms with Crippen molar-refractivity contribution in [1.82, 2.24) is 5.32 Å². The second-order valence-corrected chi connectivity index (χ2v) is 5.17. The van der Waals surface area contributed by atoms with Gasteiger partial charge in [0.25, 0.3) is 0 Å². The van der Waals surface area contributed by atoms with E-state index < -0.39 is 0 Å². The van der Waals surface area contributed by atoms with Crippen LogP contribution in [0, 0.1) is 5.92 Å². The molecule has 2 aromatic carbocycles. The Kier molecular flexibility index (Phi) is 2.96. The molecule has 3 rings (SSSR count). The lowest BCUT2D eigenvalue weighted by molar-refractivity contribution is 0.415. The van der Waals surface area contributed by atoms with Crippen molar-refractivity contribution in [2.45, 2.75) is 19.4 Å². The first-order valence-electron chi connectivity index (χ1n) is 6.59. The van der Waals surface area contributed by atoms with Crippen LogP contribution in [0.15, 0.2) is 36.4 Å². The van der Waals surface area contributed by atoms with Crippen LogP contribution in [0.25, 0.3) is 10.8 Å². The molecule has 0 aliphatic carbocycles. The van der Waals surface area contributed by atoms with Crippen molar-refractivity contribution in [2.24, 2.45) is 5.92 Å². The molecule has 0 saturated carbocycles. The maximum Gasteiger partial charge on any atom is 0.119 e. The molecule has 1 heterocycles. The lowest BCUT2D eigenvalue weighted by atomic mass is 9.94. The number of benzene rings is 2. The number of ether oxygens (including phenoxy) is 1. The monoisotopic (exact) mass is 241 g/mol. The van der Waals surface area contributed by atoms with Gasteiger partial charge in [-0.25, -0.2) is 0 Å². The SMILES string of the molecule is COc1ccc2cc(C3NCCC3C)ccc2c1. The predicted molar refractivity (Wildman–Crippen MR) is 75.0 cm³/mol. The highest BCUT2D eigenvalue weighted by molar-refractivity contribution is 5.84. The van der Waals surface area contributed by atoms with Crippen molar-refractivity contribution in [1.29, 1.82) is 0 Å². The minimum absolute atomic E-state index is 0.511. The molecule has 2 aromatic rings. The fourth-order valence-electron chi connectivity index (χ4n) is 2.84. The van der Waals surface area contributed by atoms with Gasteiger partial charge in [-0.3, -0.25) is 0 Å². The molecule has 1 aliphatic heterocycles. The molecule has 1 saturated heterocycles. The van der Waals surface area contributed by atoms with Crippen molar-refractivity contribution in [3.8, 4) is 5.75 Å². The van der Waals surface area contributed by atoms with Gasteiger partial charge in [-0.15, -0.1) is 0 Å². The average molecular weight is 241 g/mol. The Balaban J connectivity index is 2.00. The summed E-state index contributed by atoms with van der Waals surface area (Å²) in [5.41, 5.74) is 1.40. The molecule has 18 heavy (non-hydrogen) atoms. The summed E-state index contributed by atoms with van der Waals surface area (Å²) >= 11 is 0. The molecule has 2 atom stereocenters. The molecular formula is C16H19NO. The first-order chi connectivity index (χ1) is 8.78. The van der Waals surface area contributed by atoms with Crippen molar-refractivity contribution in [2.75, 3.05) is 13.7 Å². The Morgan fingerprint density at radius 1 is 1.11 bits per heavy atom. The molecule has 2 heteroatoms. The smallest absolute Gasteiger partial charge is 0.119 e. The molecule has 2 unspecified atom stereocenters. The molecular weight excluding hydrogens is 222 g/mol. The van der Waals surface area contributed by atoms with E-state index in [0.717, 1.165) is 18.2 Å². The first kappa shape index (κ1) is 11.5. The van der Waals surface area contributed by atoms with Crippen LogP contribution >= 0.6 is 0 Å². The summed E-state index contributed by atoms with van der Waals surface area (Å²) in [7, 11) is 1.71.